The first-order valence-electron chi connectivity index (χ1n) is 12.9. The first kappa shape index (κ1) is 30.6. The number of amides is 4. The van der Waals surface area contributed by atoms with Gasteiger partial charge in [0, 0.05) is 19.0 Å². The van der Waals surface area contributed by atoms with Crippen LogP contribution in [0.25, 0.3) is 0 Å². The molecule has 0 spiro atoms. The van der Waals surface area contributed by atoms with E-state index < -0.39 is 47.8 Å². The van der Waals surface area contributed by atoms with Crippen LogP contribution in [0.1, 0.15) is 29.9 Å². The van der Waals surface area contributed by atoms with Crippen LogP contribution in [0.2, 0.25) is 0 Å². The lowest BCUT2D eigenvalue weighted by Gasteiger charge is -2.29. The van der Waals surface area contributed by atoms with Gasteiger partial charge < -0.3 is 36.5 Å². The summed E-state index contributed by atoms with van der Waals surface area (Å²) in [5.74, 6) is -2.16. The summed E-state index contributed by atoms with van der Waals surface area (Å²) in [6.45, 7) is 5.21. The Kier molecular flexibility index (Phi) is 10.4. The van der Waals surface area contributed by atoms with E-state index in [0.29, 0.717) is 0 Å². The molecule has 0 radical (unpaired) electrons. The van der Waals surface area contributed by atoms with Gasteiger partial charge in [0.05, 0.1) is 12.3 Å². The van der Waals surface area contributed by atoms with E-state index in [1.807, 2.05) is 6.07 Å². The summed E-state index contributed by atoms with van der Waals surface area (Å²) in [5, 5.41) is 14.9. The van der Waals surface area contributed by atoms with Crippen molar-refractivity contribution in [1.82, 2.24) is 15.5 Å². The molecule has 11 nitrogen and oxygen atoms in total. The normalized spacial score (nSPS) is 13.7. The molecule has 0 saturated carbocycles. The molecule has 11 heteroatoms. The Morgan fingerprint density at radius 2 is 1.56 bits per heavy atom. The molecule has 4 amide bonds. The Balaban J connectivity index is 1.75. The predicted molar refractivity (Wildman–Crippen MR) is 152 cm³/mol. The third-order valence-electron chi connectivity index (χ3n) is 6.71. The van der Waals surface area contributed by atoms with Crippen molar-refractivity contribution < 1.29 is 28.7 Å². The van der Waals surface area contributed by atoms with Gasteiger partial charge in [0.25, 0.3) is 0 Å². The van der Waals surface area contributed by atoms with E-state index >= 15 is 0 Å². The van der Waals surface area contributed by atoms with E-state index in [9.17, 15) is 24.3 Å². The number of phenols is 1. The second kappa shape index (κ2) is 13.9. The minimum absolute atomic E-state index is 0.0968. The number of nitrogens with one attached hydrogen (secondary N) is 2. The van der Waals surface area contributed by atoms with E-state index in [0.717, 1.165) is 11.1 Å². The van der Waals surface area contributed by atoms with E-state index in [-0.39, 0.29) is 29.9 Å². The molecule has 0 aliphatic heterocycles. The molecule has 1 heterocycles. The van der Waals surface area contributed by atoms with Crippen LogP contribution in [-0.2, 0) is 32.0 Å². The highest BCUT2D eigenvalue weighted by Gasteiger charge is 2.32. The minimum Gasteiger partial charge on any atom is -0.508 e. The van der Waals surface area contributed by atoms with Crippen molar-refractivity contribution in [3.63, 3.8) is 0 Å². The van der Waals surface area contributed by atoms with Crippen LogP contribution in [0, 0.1) is 0 Å². The third kappa shape index (κ3) is 8.29. The largest absolute Gasteiger partial charge is 0.508 e. The van der Waals surface area contributed by atoms with Gasteiger partial charge in [0.15, 0.2) is 0 Å². The number of nitrogens with zero attached hydrogens (tertiary/aromatic N) is 1. The topological polar surface area (TPSA) is 181 Å². The van der Waals surface area contributed by atoms with Crippen molar-refractivity contribution in [2.45, 2.75) is 43.9 Å². The van der Waals surface area contributed by atoms with Gasteiger partial charge in [0.1, 0.15) is 29.6 Å². The summed E-state index contributed by atoms with van der Waals surface area (Å²) in [7, 11) is 1.46. The number of carbonyl (C=O) groups excluding carboxylic acids is 4. The van der Waals surface area contributed by atoms with E-state index in [2.05, 4.69) is 17.2 Å². The Morgan fingerprint density at radius 1 is 0.927 bits per heavy atom. The van der Waals surface area contributed by atoms with E-state index in [1.54, 1.807) is 48.5 Å². The second-order valence-corrected chi connectivity index (χ2v) is 9.70. The zero-order chi connectivity index (χ0) is 30.1. The molecule has 3 rings (SSSR count). The number of aromatic hydroxyl groups is 1. The van der Waals surface area contributed by atoms with Crippen molar-refractivity contribution in [2.24, 2.45) is 11.5 Å². The Bertz CT molecular complexity index is 1360. The van der Waals surface area contributed by atoms with Crippen molar-refractivity contribution in [2.75, 3.05) is 7.05 Å². The molecule has 0 aliphatic rings. The van der Waals surface area contributed by atoms with E-state index in [1.165, 1.54) is 37.3 Å². The molecule has 0 aliphatic carbocycles. The highest BCUT2D eigenvalue weighted by Crippen LogP contribution is 2.21. The average Bonchev–Trinajstić information content (AvgIpc) is 3.50. The fourth-order valence-electron chi connectivity index (χ4n) is 4.12. The lowest BCUT2D eigenvalue weighted by atomic mass is 10.0. The maximum atomic E-state index is 13.5. The molecule has 0 fully saturated rings. The number of likely N-dealkylation sites (N-methyl/N-ethyl adjacent to an activating group) is 1. The van der Waals surface area contributed by atoms with Crippen LogP contribution in [0.3, 0.4) is 0 Å². The maximum Gasteiger partial charge on any atom is 0.246 e. The Hall–Kier alpha value is -4.90. The maximum absolute atomic E-state index is 13.5. The fourth-order valence-corrected chi connectivity index (χ4v) is 4.12. The van der Waals surface area contributed by atoms with Crippen LogP contribution in [0.15, 0.2) is 89.6 Å². The van der Waals surface area contributed by atoms with Crippen molar-refractivity contribution in [3.8, 4) is 5.75 Å². The third-order valence-corrected chi connectivity index (χ3v) is 6.71. The molecular weight excluding hydrogens is 526 g/mol. The first-order valence-corrected chi connectivity index (χ1v) is 12.9. The quantitative estimate of drug-likeness (QED) is 0.195. The highest BCUT2D eigenvalue weighted by atomic mass is 16.3. The van der Waals surface area contributed by atoms with Crippen LogP contribution < -0.4 is 22.1 Å². The number of benzene rings is 2. The summed E-state index contributed by atoms with van der Waals surface area (Å²) >= 11 is 0. The minimum atomic E-state index is -1.08. The molecule has 4 atom stereocenters. The zero-order valence-electron chi connectivity index (χ0n) is 22.9. The van der Waals surface area contributed by atoms with Gasteiger partial charge in [-0.3, -0.25) is 19.2 Å². The summed E-state index contributed by atoms with van der Waals surface area (Å²) in [4.78, 5) is 52.9. The van der Waals surface area contributed by atoms with Crippen LogP contribution in [0.5, 0.6) is 5.75 Å². The Labute approximate surface area is 238 Å². The van der Waals surface area contributed by atoms with Crippen molar-refractivity contribution in [3.05, 3.63) is 102 Å². The van der Waals surface area contributed by atoms with Crippen molar-refractivity contribution >= 4 is 23.6 Å². The molecule has 41 heavy (non-hydrogen) atoms. The van der Waals surface area contributed by atoms with Gasteiger partial charge >= 0.3 is 0 Å². The predicted octanol–water partition coefficient (Wildman–Crippen LogP) is 1.33. The monoisotopic (exact) mass is 561 g/mol. The SMILES string of the molecule is C=C(C(N)=O)[C@@H](NC(=O)[C@H](Cc1ccccc1)NC(=O)[C@@H](C)N(C)C(=O)[C@@H](N)Cc1ccc(O)cc1)c1ccco1. The lowest BCUT2D eigenvalue weighted by Crippen LogP contribution is -2.56. The molecule has 0 saturated heterocycles. The second-order valence-electron chi connectivity index (χ2n) is 9.70. The fraction of sp³-hybridized carbons (Fsp3) is 0.267. The van der Waals surface area contributed by atoms with E-state index in [4.69, 9.17) is 15.9 Å². The number of nitrogens with two attached hydrogens (primary N) is 2. The lowest BCUT2D eigenvalue weighted by molar-refractivity contribution is -0.140. The number of hydrogen-bond donors (Lipinski definition) is 5. The molecule has 7 N–H and O–H groups in total. The zero-order valence-corrected chi connectivity index (χ0v) is 22.9. The molecule has 3 aromatic rings. The summed E-state index contributed by atoms with van der Waals surface area (Å²) < 4.78 is 5.37. The van der Waals surface area contributed by atoms with Gasteiger partial charge in [-0.05, 0) is 48.7 Å². The number of primary amides is 1. The molecule has 1 aromatic heterocycles. The van der Waals surface area contributed by atoms with Gasteiger partial charge in [0.2, 0.25) is 23.6 Å². The van der Waals surface area contributed by atoms with Crippen molar-refractivity contribution in [1.29, 1.82) is 0 Å². The number of phenolic OH excluding ortho intramolecular Hbond substituents is 1. The molecular formula is C30H35N5O6. The Morgan fingerprint density at radius 3 is 2.15 bits per heavy atom. The standard InChI is InChI=1S/C30H35N5O6/c1-18(27(32)37)26(25-10-7-15-41-25)34-29(39)24(17-20-8-5-4-6-9-20)33-28(38)19(2)35(3)30(40)23(31)16-21-11-13-22(36)14-12-21/h4-15,19,23-24,26,36H,1,16-17,31H2,2-3H3,(H2,32,37)(H,33,38)(H,34,39)/t19-,23+,24+,26-/m1/s1. The van der Waals surface area contributed by atoms with Crippen LogP contribution >= 0.6 is 0 Å². The summed E-state index contributed by atoms with van der Waals surface area (Å²) in [6.07, 6.45) is 1.71. The molecule has 216 valence electrons. The van der Waals surface area contributed by atoms with Crippen LogP contribution in [-0.4, -0.2) is 58.8 Å². The highest BCUT2D eigenvalue weighted by molar-refractivity contribution is 5.95. The number of hydrogen-bond acceptors (Lipinski definition) is 7. The first-order chi connectivity index (χ1) is 19.5. The number of rotatable bonds is 13. The van der Waals surface area contributed by atoms with Gasteiger partial charge in [-0.25, -0.2) is 0 Å². The van der Waals surface area contributed by atoms with Gasteiger partial charge in [-0.2, -0.15) is 0 Å². The van der Waals surface area contributed by atoms with Crippen LogP contribution in [0.4, 0.5) is 0 Å². The smallest absolute Gasteiger partial charge is 0.246 e. The molecule has 0 unspecified atom stereocenters. The summed E-state index contributed by atoms with van der Waals surface area (Å²) in [6, 6.07) is 14.5. The molecule has 2 aromatic carbocycles. The average molecular weight is 562 g/mol. The van der Waals surface area contributed by atoms with Gasteiger partial charge in [-0.1, -0.05) is 49.0 Å². The van der Waals surface area contributed by atoms with Gasteiger partial charge in [-0.15, -0.1) is 0 Å². The number of carbonyl (C=O) groups is 4. The summed E-state index contributed by atoms with van der Waals surface area (Å²) in [5.41, 5.74) is 13.0. The molecule has 0 bridgehead atoms. The number of furan rings is 1.